The molecule has 1 rings (SSSR count). The quantitative estimate of drug-likeness (QED) is 0.731. The summed E-state index contributed by atoms with van der Waals surface area (Å²) in [6, 6.07) is -0.00958. The molecule has 3 heteroatoms. The second kappa shape index (κ2) is 6.46. The predicted octanol–water partition coefficient (Wildman–Crippen LogP) is 1.54. The zero-order valence-corrected chi connectivity index (χ0v) is 9.98. The Morgan fingerprint density at radius 2 is 2.07 bits per heavy atom. The van der Waals surface area contributed by atoms with Crippen LogP contribution >= 0.6 is 0 Å². The highest BCUT2D eigenvalue weighted by atomic mass is 16.5. The minimum Gasteiger partial charge on any atom is -0.396 e. The molecule has 15 heavy (non-hydrogen) atoms. The van der Waals surface area contributed by atoms with Gasteiger partial charge in [-0.05, 0) is 37.5 Å². The van der Waals surface area contributed by atoms with Gasteiger partial charge in [-0.1, -0.05) is 13.8 Å². The van der Waals surface area contributed by atoms with Crippen molar-refractivity contribution in [3.05, 3.63) is 0 Å². The molecule has 3 nitrogen and oxygen atoms in total. The molecule has 0 heterocycles. The van der Waals surface area contributed by atoms with Gasteiger partial charge in [0.05, 0.1) is 12.7 Å². The second-order valence-corrected chi connectivity index (χ2v) is 5.00. The van der Waals surface area contributed by atoms with E-state index >= 15 is 0 Å². The summed E-state index contributed by atoms with van der Waals surface area (Å²) in [7, 11) is 0. The van der Waals surface area contributed by atoms with Gasteiger partial charge >= 0.3 is 0 Å². The Kier molecular flexibility index (Phi) is 5.58. The van der Waals surface area contributed by atoms with E-state index in [4.69, 9.17) is 15.6 Å². The van der Waals surface area contributed by atoms with Crippen LogP contribution in [0.4, 0.5) is 0 Å². The second-order valence-electron chi connectivity index (χ2n) is 5.00. The molecule has 1 fully saturated rings. The van der Waals surface area contributed by atoms with Crippen molar-refractivity contribution < 1.29 is 9.84 Å². The summed E-state index contributed by atoms with van der Waals surface area (Å²) >= 11 is 0. The Morgan fingerprint density at radius 3 is 2.67 bits per heavy atom. The van der Waals surface area contributed by atoms with Gasteiger partial charge in [0.1, 0.15) is 0 Å². The van der Waals surface area contributed by atoms with Crippen molar-refractivity contribution in [3.63, 3.8) is 0 Å². The van der Waals surface area contributed by atoms with Crippen molar-refractivity contribution in [1.82, 2.24) is 0 Å². The van der Waals surface area contributed by atoms with Gasteiger partial charge in [0.15, 0.2) is 0 Å². The van der Waals surface area contributed by atoms with Crippen molar-refractivity contribution in [3.8, 4) is 0 Å². The van der Waals surface area contributed by atoms with E-state index in [0.717, 1.165) is 24.7 Å². The van der Waals surface area contributed by atoms with Gasteiger partial charge in [-0.25, -0.2) is 0 Å². The lowest BCUT2D eigenvalue weighted by atomic mass is 9.80. The van der Waals surface area contributed by atoms with E-state index in [1.165, 1.54) is 6.42 Å². The highest BCUT2D eigenvalue weighted by molar-refractivity contribution is 4.76. The van der Waals surface area contributed by atoms with E-state index in [-0.39, 0.29) is 12.6 Å². The molecule has 4 atom stereocenters. The summed E-state index contributed by atoms with van der Waals surface area (Å²) in [6.07, 6.45) is 4.62. The monoisotopic (exact) mass is 215 g/mol. The van der Waals surface area contributed by atoms with E-state index in [1.807, 2.05) is 0 Å². The first-order valence-electron chi connectivity index (χ1n) is 6.11. The van der Waals surface area contributed by atoms with Gasteiger partial charge in [0.25, 0.3) is 0 Å². The summed E-state index contributed by atoms with van der Waals surface area (Å²) in [5.74, 6) is 1.59. The fraction of sp³-hybridized carbons (Fsp3) is 1.00. The standard InChI is InChI=1S/C12H25NO2/c1-9-3-4-12(7-10(9)2)15-8-11(13)5-6-14/h9-12,14H,3-8,13H2,1-2H3. The Morgan fingerprint density at radius 1 is 1.33 bits per heavy atom. The summed E-state index contributed by atoms with van der Waals surface area (Å²) in [5, 5.41) is 8.71. The lowest BCUT2D eigenvalue weighted by Crippen LogP contribution is -2.33. The Balaban J connectivity index is 2.16. The van der Waals surface area contributed by atoms with Crippen molar-refractivity contribution in [1.29, 1.82) is 0 Å². The average Bonchev–Trinajstić information content (AvgIpc) is 2.20. The number of rotatable bonds is 5. The molecule has 1 aliphatic carbocycles. The maximum absolute atomic E-state index is 8.71. The molecule has 0 aromatic heterocycles. The molecule has 1 saturated carbocycles. The van der Waals surface area contributed by atoms with E-state index in [0.29, 0.717) is 19.1 Å². The number of hydrogen-bond donors (Lipinski definition) is 2. The van der Waals surface area contributed by atoms with Crippen LogP contribution in [0.15, 0.2) is 0 Å². The van der Waals surface area contributed by atoms with Gasteiger partial charge in [-0.2, -0.15) is 0 Å². The topological polar surface area (TPSA) is 55.5 Å². The molecule has 0 amide bonds. The highest BCUT2D eigenvalue weighted by Gasteiger charge is 2.25. The number of aliphatic hydroxyl groups is 1. The van der Waals surface area contributed by atoms with Gasteiger partial charge in [0.2, 0.25) is 0 Å². The number of hydrogen-bond acceptors (Lipinski definition) is 3. The SMILES string of the molecule is CC1CCC(OCC(N)CCO)CC1C. The molecule has 0 radical (unpaired) electrons. The van der Waals surface area contributed by atoms with Crippen molar-refractivity contribution >= 4 is 0 Å². The van der Waals surface area contributed by atoms with Crippen LogP contribution in [0.2, 0.25) is 0 Å². The highest BCUT2D eigenvalue weighted by Crippen LogP contribution is 2.30. The Bertz CT molecular complexity index is 175. The van der Waals surface area contributed by atoms with Crippen LogP contribution in [-0.4, -0.2) is 30.5 Å². The molecule has 3 N–H and O–H groups in total. The van der Waals surface area contributed by atoms with Gasteiger partial charge in [0, 0.05) is 12.6 Å². The summed E-state index contributed by atoms with van der Waals surface area (Å²) in [4.78, 5) is 0. The van der Waals surface area contributed by atoms with E-state index in [2.05, 4.69) is 13.8 Å². The molecule has 0 aromatic rings. The predicted molar refractivity (Wildman–Crippen MR) is 61.6 cm³/mol. The third-order valence-electron chi connectivity index (χ3n) is 3.60. The lowest BCUT2D eigenvalue weighted by Gasteiger charge is -2.32. The van der Waals surface area contributed by atoms with Gasteiger partial charge < -0.3 is 15.6 Å². The maximum atomic E-state index is 8.71. The summed E-state index contributed by atoms with van der Waals surface area (Å²) < 4.78 is 5.78. The van der Waals surface area contributed by atoms with E-state index < -0.39 is 0 Å². The zero-order chi connectivity index (χ0) is 11.3. The fourth-order valence-electron chi connectivity index (χ4n) is 2.16. The first kappa shape index (κ1) is 12.9. The Labute approximate surface area is 93.0 Å². The maximum Gasteiger partial charge on any atom is 0.0622 e. The van der Waals surface area contributed by atoms with Crippen molar-refractivity contribution in [2.24, 2.45) is 17.6 Å². The van der Waals surface area contributed by atoms with Crippen LogP contribution in [0, 0.1) is 11.8 Å². The molecule has 0 aromatic carbocycles. The van der Waals surface area contributed by atoms with Crippen LogP contribution in [-0.2, 0) is 4.74 Å². The molecule has 0 saturated heterocycles. The summed E-state index contributed by atoms with van der Waals surface area (Å²) in [6.45, 7) is 5.36. The molecule has 4 unspecified atom stereocenters. The molecule has 0 spiro atoms. The lowest BCUT2D eigenvalue weighted by molar-refractivity contribution is -0.00546. The van der Waals surface area contributed by atoms with Gasteiger partial charge in [-0.15, -0.1) is 0 Å². The third-order valence-corrected chi connectivity index (χ3v) is 3.60. The van der Waals surface area contributed by atoms with Crippen molar-refractivity contribution in [2.75, 3.05) is 13.2 Å². The zero-order valence-electron chi connectivity index (χ0n) is 9.98. The summed E-state index contributed by atoms with van der Waals surface area (Å²) in [5.41, 5.74) is 5.78. The molecule has 0 bridgehead atoms. The molecular weight excluding hydrogens is 190 g/mol. The minimum atomic E-state index is -0.00958. The average molecular weight is 215 g/mol. The van der Waals surface area contributed by atoms with Crippen LogP contribution in [0.1, 0.15) is 39.5 Å². The van der Waals surface area contributed by atoms with Crippen LogP contribution < -0.4 is 5.73 Å². The smallest absolute Gasteiger partial charge is 0.0622 e. The molecular formula is C12H25NO2. The van der Waals surface area contributed by atoms with E-state index in [1.54, 1.807) is 0 Å². The van der Waals surface area contributed by atoms with Gasteiger partial charge in [-0.3, -0.25) is 0 Å². The van der Waals surface area contributed by atoms with E-state index in [9.17, 15) is 0 Å². The largest absolute Gasteiger partial charge is 0.396 e. The van der Waals surface area contributed by atoms with Crippen molar-refractivity contribution in [2.45, 2.75) is 51.7 Å². The fourth-order valence-corrected chi connectivity index (χ4v) is 2.16. The minimum absolute atomic E-state index is 0.00958. The Hall–Kier alpha value is -0.120. The third kappa shape index (κ3) is 4.49. The number of aliphatic hydroxyl groups excluding tert-OH is 1. The molecule has 1 aliphatic rings. The van der Waals surface area contributed by atoms with Crippen LogP contribution in [0.25, 0.3) is 0 Å². The molecule has 90 valence electrons. The van der Waals surface area contributed by atoms with Crippen LogP contribution in [0.5, 0.6) is 0 Å². The molecule has 0 aliphatic heterocycles. The number of ether oxygens (including phenoxy) is 1. The normalized spacial score (nSPS) is 34.0. The first-order chi connectivity index (χ1) is 7.13. The number of nitrogens with two attached hydrogens (primary N) is 1. The van der Waals surface area contributed by atoms with Crippen LogP contribution in [0.3, 0.4) is 0 Å². The first-order valence-corrected chi connectivity index (χ1v) is 6.11.